The minimum Gasteiger partial charge on any atom is -0.460 e. The molecule has 4 heterocycles. The van der Waals surface area contributed by atoms with Crippen LogP contribution in [0.2, 0.25) is 0 Å². The van der Waals surface area contributed by atoms with Crippen molar-refractivity contribution in [3.63, 3.8) is 0 Å². The van der Waals surface area contributed by atoms with Gasteiger partial charge >= 0.3 is 5.97 Å². The number of carbonyl (C=O) groups excluding carboxylic acids is 2. The molecule has 2 aliphatic rings. The Labute approximate surface area is 240 Å². The van der Waals surface area contributed by atoms with Crippen molar-refractivity contribution in [2.75, 3.05) is 6.54 Å². The van der Waals surface area contributed by atoms with Gasteiger partial charge in [0.2, 0.25) is 0 Å². The molecule has 0 fully saturated rings. The topological polar surface area (TPSA) is 135 Å². The molecule has 11 heteroatoms. The molecule has 0 radical (unpaired) electrons. The number of aromatic nitrogens is 2. The maximum Gasteiger partial charge on any atom is 0.312 e. The van der Waals surface area contributed by atoms with E-state index >= 15 is 4.39 Å². The van der Waals surface area contributed by atoms with Gasteiger partial charge in [0.15, 0.2) is 5.78 Å². The molecule has 3 atom stereocenters. The third-order valence-corrected chi connectivity index (χ3v) is 11.4. The van der Waals surface area contributed by atoms with Crippen LogP contribution in [0.5, 0.6) is 0 Å². The number of ketones is 1. The maximum atomic E-state index is 15.6. The Balaban J connectivity index is 1.80. The summed E-state index contributed by atoms with van der Waals surface area (Å²) in [6, 6.07) is 6.24. The van der Waals surface area contributed by atoms with Crippen LogP contribution < -0.4 is 0 Å². The van der Waals surface area contributed by atoms with Crippen molar-refractivity contribution in [3.05, 3.63) is 58.4 Å². The van der Waals surface area contributed by atoms with Gasteiger partial charge in [0.05, 0.1) is 38.1 Å². The molecule has 2 aromatic rings. The average Bonchev–Trinajstić information content (AvgIpc) is 2.87. The minimum atomic E-state index is -3.04. The highest BCUT2D eigenvalue weighted by atomic mass is 32.2. The van der Waals surface area contributed by atoms with Gasteiger partial charge in [-0.25, -0.2) is 13.0 Å². The molecule has 0 aliphatic carbocycles. The van der Waals surface area contributed by atoms with Crippen LogP contribution in [-0.2, 0) is 31.2 Å². The van der Waals surface area contributed by atoms with Crippen LogP contribution in [0.25, 0.3) is 0 Å². The number of carbonyl (C=O) groups is 2. The van der Waals surface area contributed by atoms with Crippen LogP contribution in [0.4, 0.5) is 4.39 Å². The first-order chi connectivity index (χ1) is 19.0. The molecular weight excluding hydrogens is 545 g/mol. The quantitative estimate of drug-likeness (QED) is 0.345. The van der Waals surface area contributed by atoms with E-state index in [1.807, 2.05) is 6.07 Å². The molecule has 2 aliphatic heterocycles. The van der Waals surface area contributed by atoms with Crippen LogP contribution >= 0.6 is 0 Å². The standard InChI is InChI=1S/C30H36FN5O4S/c1-18-13-19(16-32)17-33-26(18)22(37)14-20-10-11-21(31)27(35-20)30(7)24-9-8-12-34-41(24,39)29(5,6)23(36-30)15-25(38)40-28(2,3)4/h10-11,13,17,24H,8-9,12,14-15H2,1-7H3/t24-,30+,41+/m1/s1. The SMILES string of the molecule is Cc1cc(C#N)cnc1C(=O)Cc1ccc(F)c([C@@]2(C)N=C(CC(=O)OC(C)(C)C)C(C)(C)[S@]3(=O)=NCCC[C@H]23)n1. The van der Waals surface area contributed by atoms with E-state index in [0.29, 0.717) is 41.9 Å². The largest absolute Gasteiger partial charge is 0.460 e. The number of hydrogen-bond donors (Lipinski definition) is 0. The first-order valence-corrected chi connectivity index (χ1v) is 15.2. The predicted octanol–water partition coefficient (Wildman–Crippen LogP) is 5.03. The molecule has 0 unspecified atom stereocenters. The average molecular weight is 582 g/mol. The lowest BCUT2D eigenvalue weighted by Crippen LogP contribution is -2.59. The number of Topliss-reactive ketones (excluding diaryl/α,β-unsaturated/α-hetero) is 1. The van der Waals surface area contributed by atoms with E-state index in [0.717, 1.165) is 0 Å². The number of fused-ring (bicyclic) bond motifs is 1. The molecule has 0 spiro atoms. The lowest BCUT2D eigenvalue weighted by atomic mass is 9.87. The summed E-state index contributed by atoms with van der Waals surface area (Å²) in [5.41, 5.74) is -0.454. The number of halogens is 1. The number of hydrogen-bond acceptors (Lipinski definition) is 9. The van der Waals surface area contributed by atoms with E-state index in [9.17, 15) is 13.8 Å². The number of esters is 1. The van der Waals surface area contributed by atoms with Gasteiger partial charge in [-0.1, -0.05) is 0 Å². The number of pyridine rings is 2. The summed E-state index contributed by atoms with van der Waals surface area (Å²) in [5.74, 6) is -1.51. The molecule has 4 rings (SSSR count). The lowest BCUT2D eigenvalue weighted by molar-refractivity contribution is -0.153. The first-order valence-electron chi connectivity index (χ1n) is 13.6. The van der Waals surface area contributed by atoms with Gasteiger partial charge in [0.25, 0.3) is 0 Å². The van der Waals surface area contributed by atoms with Crippen LogP contribution in [-0.4, -0.2) is 53.8 Å². The Kier molecular flexibility index (Phi) is 7.95. The number of ether oxygens (including phenoxy) is 1. The van der Waals surface area contributed by atoms with Crippen molar-refractivity contribution in [3.8, 4) is 6.07 Å². The molecule has 0 amide bonds. The number of aliphatic imine (C=N–C) groups is 1. The van der Waals surface area contributed by atoms with Crippen LogP contribution in [0.1, 0.15) is 93.8 Å². The second-order valence-corrected chi connectivity index (χ2v) is 15.3. The fraction of sp³-hybridized carbons (Fsp3) is 0.533. The fourth-order valence-corrected chi connectivity index (χ4v) is 8.92. The zero-order chi connectivity index (χ0) is 30.4. The number of nitriles is 1. The van der Waals surface area contributed by atoms with Crippen molar-refractivity contribution < 1.29 is 22.9 Å². The highest BCUT2D eigenvalue weighted by Crippen LogP contribution is 2.48. The summed E-state index contributed by atoms with van der Waals surface area (Å²) in [5, 5.41) is 8.44. The zero-order valence-electron chi connectivity index (χ0n) is 24.6. The Morgan fingerprint density at radius 3 is 2.56 bits per heavy atom. The van der Waals surface area contributed by atoms with E-state index < -0.39 is 42.7 Å². The number of nitrogens with zero attached hydrogens (tertiary/aromatic N) is 5. The summed E-state index contributed by atoms with van der Waals surface area (Å²) >= 11 is 0. The zero-order valence-corrected chi connectivity index (χ0v) is 25.4. The number of rotatable bonds is 6. The van der Waals surface area contributed by atoms with Gasteiger partial charge in [-0.15, -0.1) is 0 Å². The maximum absolute atomic E-state index is 15.6. The van der Waals surface area contributed by atoms with Crippen LogP contribution in [0.3, 0.4) is 0 Å². The van der Waals surface area contributed by atoms with Crippen LogP contribution in [0, 0.1) is 24.1 Å². The molecule has 0 saturated carbocycles. The van der Waals surface area contributed by atoms with Crippen molar-refractivity contribution in [1.82, 2.24) is 9.97 Å². The summed E-state index contributed by atoms with van der Waals surface area (Å²) in [6.07, 6.45) is 2.10. The summed E-state index contributed by atoms with van der Waals surface area (Å²) in [6.45, 7) is 12.6. The van der Waals surface area contributed by atoms with Gasteiger partial charge < -0.3 is 4.74 Å². The van der Waals surface area contributed by atoms with Crippen molar-refractivity contribution in [2.45, 2.75) is 95.3 Å². The molecule has 0 saturated heterocycles. The smallest absolute Gasteiger partial charge is 0.312 e. The van der Waals surface area contributed by atoms with E-state index in [1.54, 1.807) is 54.5 Å². The Morgan fingerprint density at radius 1 is 1.22 bits per heavy atom. The molecule has 218 valence electrons. The summed E-state index contributed by atoms with van der Waals surface area (Å²) in [4.78, 5) is 39.7. The van der Waals surface area contributed by atoms with Crippen LogP contribution in [0.15, 0.2) is 33.8 Å². The van der Waals surface area contributed by atoms with Gasteiger partial charge in [0, 0.05) is 24.1 Å². The molecule has 9 nitrogen and oxygen atoms in total. The van der Waals surface area contributed by atoms with Gasteiger partial charge in [-0.2, -0.15) is 5.26 Å². The third-order valence-electron chi connectivity index (χ3n) is 7.64. The highest BCUT2D eigenvalue weighted by Gasteiger charge is 2.57. The van der Waals surface area contributed by atoms with Crippen molar-refractivity contribution in [1.29, 1.82) is 5.26 Å². The third kappa shape index (κ3) is 5.67. The van der Waals surface area contributed by atoms with Gasteiger partial charge in [-0.05, 0) is 85.1 Å². The molecular formula is C30H36FN5O4S. The molecule has 0 bridgehead atoms. The van der Waals surface area contributed by atoms with Gasteiger partial charge in [0.1, 0.15) is 34.4 Å². The highest BCUT2D eigenvalue weighted by molar-refractivity contribution is 7.96. The lowest BCUT2D eigenvalue weighted by Gasteiger charge is -2.48. The minimum absolute atomic E-state index is 0.0423. The Hall–Kier alpha value is -3.52. The van der Waals surface area contributed by atoms with E-state index in [-0.39, 0.29) is 30.0 Å². The van der Waals surface area contributed by atoms with Crippen molar-refractivity contribution >= 4 is 27.2 Å². The first kappa shape index (κ1) is 30.4. The molecule has 0 N–H and O–H groups in total. The van der Waals surface area contributed by atoms with E-state index in [1.165, 1.54) is 18.3 Å². The molecule has 2 aromatic heterocycles. The normalized spacial score (nSPS) is 25.2. The second-order valence-electron chi connectivity index (χ2n) is 12.3. The Morgan fingerprint density at radius 2 is 1.93 bits per heavy atom. The fourth-order valence-electron chi connectivity index (χ4n) is 5.58. The van der Waals surface area contributed by atoms with Gasteiger partial charge in [-0.3, -0.25) is 24.5 Å². The molecule has 41 heavy (non-hydrogen) atoms. The molecule has 0 aromatic carbocycles. The summed E-state index contributed by atoms with van der Waals surface area (Å²) < 4.78 is 39.4. The van der Waals surface area contributed by atoms with E-state index in [4.69, 9.17) is 15.0 Å². The van der Waals surface area contributed by atoms with Crippen molar-refractivity contribution in [2.24, 2.45) is 9.36 Å². The predicted molar refractivity (Wildman–Crippen MR) is 154 cm³/mol. The Bertz CT molecular complexity index is 1610. The van der Waals surface area contributed by atoms with E-state index in [2.05, 4.69) is 14.3 Å². The monoisotopic (exact) mass is 581 g/mol. The number of aryl methyl sites for hydroxylation is 1. The second kappa shape index (κ2) is 10.7. The summed E-state index contributed by atoms with van der Waals surface area (Å²) in [7, 11) is -3.04.